The van der Waals surface area contributed by atoms with Crippen LogP contribution in [0.1, 0.15) is 25.0 Å². The van der Waals surface area contributed by atoms with E-state index >= 15 is 0 Å². The van der Waals surface area contributed by atoms with E-state index in [1.165, 1.54) is 6.07 Å². The quantitative estimate of drug-likeness (QED) is 0.842. The number of benzene rings is 1. The van der Waals surface area contributed by atoms with Crippen LogP contribution in [0.3, 0.4) is 0 Å². The van der Waals surface area contributed by atoms with Crippen molar-refractivity contribution < 1.29 is 18.3 Å². The summed E-state index contributed by atoms with van der Waals surface area (Å²) in [5, 5.41) is 2.63. The van der Waals surface area contributed by atoms with E-state index in [1.807, 2.05) is 20.8 Å². The summed E-state index contributed by atoms with van der Waals surface area (Å²) in [6.45, 7) is 2.70. The van der Waals surface area contributed by atoms with E-state index in [0.29, 0.717) is 5.56 Å². The van der Waals surface area contributed by atoms with E-state index in [1.54, 1.807) is 12.1 Å². The third-order valence-corrected chi connectivity index (χ3v) is 2.91. The van der Waals surface area contributed by atoms with Crippen LogP contribution in [-0.2, 0) is 11.3 Å². The number of carbonyl (C=O) groups excluding carboxylic acids is 1. The van der Waals surface area contributed by atoms with Gasteiger partial charge in [-0.25, -0.2) is 0 Å². The molecule has 6 heteroatoms. The predicted molar refractivity (Wildman–Crippen MR) is 72.5 cm³/mol. The highest BCUT2D eigenvalue weighted by Crippen LogP contribution is 2.22. The lowest BCUT2D eigenvalue weighted by atomic mass is 10.0. The summed E-state index contributed by atoms with van der Waals surface area (Å²) in [5.74, 6) is -0.252. The Morgan fingerprint density at radius 3 is 2.60 bits per heavy atom. The molecule has 0 saturated heterocycles. The van der Waals surface area contributed by atoms with Crippen LogP contribution in [0.2, 0.25) is 0 Å². The first kappa shape index (κ1) is 16.4. The minimum absolute atomic E-state index is 0.00398. The van der Waals surface area contributed by atoms with Gasteiger partial charge in [-0.05, 0) is 18.9 Å². The highest BCUT2D eigenvalue weighted by atomic mass is 19.3. The zero-order valence-electron chi connectivity index (χ0n) is 11.8. The van der Waals surface area contributed by atoms with Crippen molar-refractivity contribution in [2.75, 3.05) is 0 Å². The van der Waals surface area contributed by atoms with Crippen LogP contribution in [0.5, 0.6) is 5.75 Å². The van der Waals surface area contributed by atoms with Gasteiger partial charge in [-0.1, -0.05) is 31.5 Å². The number of nitrogens with one attached hydrogen (secondary N) is 1. The minimum Gasteiger partial charge on any atom is -0.434 e. The fourth-order valence-electron chi connectivity index (χ4n) is 1.66. The molecular weight excluding hydrogens is 266 g/mol. The van der Waals surface area contributed by atoms with Crippen molar-refractivity contribution in [3.8, 4) is 5.75 Å². The van der Waals surface area contributed by atoms with Gasteiger partial charge < -0.3 is 15.8 Å². The Labute approximate surface area is 117 Å². The number of alkyl halides is 2. The zero-order chi connectivity index (χ0) is 15.3. The maximum Gasteiger partial charge on any atom is 0.387 e. The molecule has 0 aliphatic heterocycles. The van der Waals surface area contributed by atoms with Crippen LogP contribution in [0, 0.1) is 12.8 Å². The Hall–Kier alpha value is -1.69. The van der Waals surface area contributed by atoms with E-state index < -0.39 is 12.7 Å². The number of ether oxygens (including phenoxy) is 1. The monoisotopic (exact) mass is 286 g/mol. The van der Waals surface area contributed by atoms with Gasteiger partial charge in [0.2, 0.25) is 5.91 Å². The van der Waals surface area contributed by atoms with Crippen molar-refractivity contribution in [2.45, 2.75) is 40.0 Å². The second-order valence-corrected chi connectivity index (χ2v) is 4.98. The van der Waals surface area contributed by atoms with Gasteiger partial charge in [-0.3, -0.25) is 4.79 Å². The topological polar surface area (TPSA) is 64.3 Å². The van der Waals surface area contributed by atoms with Gasteiger partial charge in [0, 0.05) is 12.1 Å². The van der Waals surface area contributed by atoms with Crippen molar-refractivity contribution in [2.24, 2.45) is 11.7 Å². The average molecular weight is 286 g/mol. The number of hydrogen-bond acceptors (Lipinski definition) is 3. The molecule has 0 saturated carbocycles. The molecule has 0 aliphatic carbocycles. The highest BCUT2D eigenvalue weighted by Gasteiger charge is 2.17. The van der Waals surface area contributed by atoms with E-state index in [2.05, 4.69) is 10.1 Å². The maximum absolute atomic E-state index is 12.3. The molecule has 0 bridgehead atoms. The number of carbonyl (C=O) groups is 1. The van der Waals surface area contributed by atoms with E-state index in [-0.39, 0.29) is 24.1 Å². The van der Waals surface area contributed by atoms with Crippen LogP contribution >= 0.6 is 0 Å². The molecule has 0 radical (unpaired) electrons. The van der Waals surface area contributed by atoms with Crippen LogP contribution in [0.15, 0.2) is 18.2 Å². The predicted octanol–water partition coefficient (Wildman–Crippen LogP) is 2.20. The van der Waals surface area contributed by atoms with Crippen LogP contribution in [0.4, 0.5) is 8.78 Å². The second-order valence-electron chi connectivity index (χ2n) is 4.98. The number of hydrogen-bond donors (Lipinski definition) is 2. The number of rotatable bonds is 6. The van der Waals surface area contributed by atoms with Crippen molar-refractivity contribution in [3.63, 3.8) is 0 Å². The van der Waals surface area contributed by atoms with Crippen LogP contribution < -0.4 is 15.8 Å². The molecule has 1 aromatic carbocycles. The summed E-state index contributed by atoms with van der Waals surface area (Å²) in [6, 6.07) is 4.20. The molecule has 3 N–H and O–H groups in total. The third-order valence-electron chi connectivity index (χ3n) is 2.91. The molecule has 112 valence electrons. The molecule has 4 nitrogen and oxygen atoms in total. The van der Waals surface area contributed by atoms with Gasteiger partial charge in [-0.15, -0.1) is 0 Å². The second kappa shape index (κ2) is 7.19. The summed E-state index contributed by atoms with van der Waals surface area (Å²) in [6.07, 6.45) is 0. The zero-order valence-corrected chi connectivity index (χ0v) is 11.8. The SMILES string of the molecule is Cc1ccc(OC(F)F)c(CNC(=O)[C@@H](N)C(C)C)c1. The van der Waals surface area contributed by atoms with Gasteiger partial charge in [0.1, 0.15) is 5.75 Å². The molecule has 1 aromatic rings. The Balaban J connectivity index is 2.76. The molecule has 0 aromatic heterocycles. The molecule has 0 aliphatic rings. The summed E-state index contributed by atoms with van der Waals surface area (Å²) < 4.78 is 29.0. The van der Waals surface area contributed by atoms with Gasteiger partial charge >= 0.3 is 6.61 Å². The third kappa shape index (κ3) is 4.77. The number of aryl methyl sites for hydroxylation is 1. The summed E-state index contributed by atoms with van der Waals surface area (Å²) in [4.78, 5) is 11.8. The first-order valence-corrected chi connectivity index (χ1v) is 6.39. The molecular formula is C14H20F2N2O2. The highest BCUT2D eigenvalue weighted by molar-refractivity contribution is 5.81. The first-order valence-electron chi connectivity index (χ1n) is 6.39. The lowest BCUT2D eigenvalue weighted by molar-refractivity contribution is -0.123. The molecule has 0 spiro atoms. The smallest absolute Gasteiger partial charge is 0.387 e. The van der Waals surface area contributed by atoms with Gasteiger partial charge in [-0.2, -0.15) is 8.78 Å². The Morgan fingerprint density at radius 1 is 1.40 bits per heavy atom. The van der Waals surface area contributed by atoms with Gasteiger partial charge in [0.15, 0.2) is 0 Å². The fourth-order valence-corrected chi connectivity index (χ4v) is 1.66. The molecule has 1 rings (SSSR count). The van der Waals surface area contributed by atoms with Crippen LogP contribution in [0.25, 0.3) is 0 Å². The largest absolute Gasteiger partial charge is 0.434 e. The molecule has 0 heterocycles. The lowest BCUT2D eigenvalue weighted by Crippen LogP contribution is -2.43. The summed E-state index contributed by atoms with van der Waals surface area (Å²) >= 11 is 0. The number of halogens is 2. The normalized spacial score (nSPS) is 12.6. The Kier molecular flexibility index (Phi) is 5.88. The standard InChI is InChI=1S/C14H20F2N2O2/c1-8(2)12(17)13(19)18-7-10-6-9(3)4-5-11(10)20-14(15)16/h4-6,8,12,14H,7,17H2,1-3H3,(H,18,19)/t12-/m0/s1. The van der Waals surface area contributed by atoms with E-state index in [4.69, 9.17) is 5.73 Å². The first-order chi connectivity index (χ1) is 9.31. The van der Waals surface area contributed by atoms with Crippen molar-refractivity contribution in [1.82, 2.24) is 5.32 Å². The fraction of sp³-hybridized carbons (Fsp3) is 0.500. The Morgan fingerprint density at radius 2 is 2.05 bits per heavy atom. The summed E-state index contributed by atoms with van der Waals surface area (Å²) in [7, 11) is 0. The average Bonchev–Trinajstić information content (AvgIpc) is 2.37. The molecule has 0 fully saturated rings. The van der Waals surface area contributed by atoms with Gasteiger partial charge in [0.05, 0.1) is 6.04 Å². The number of nitrogens with two attached hydrogens (primary N) is 1. The molecule has 0 unspecified atom stereocenters. The van der Waals surface area contributed by atoms with E-state index in [0.717, 1.165) is 5.56 Å². The van der Waals surface area contributed by atoms with Crippen molar-refractivity contribution in [1.29, 1.82) is 0 Å². The molecule has 20 heavy (non-hydrogen) atoms. The molecule has 1 atom stereocenters. The van der Waals surface area contributed by atoms with Gasteiger partial charge in [0.25, 0.3) is 0 Å². The van der Waals surface area contributed by atoms with Crippen LogP contribution in [-0.4, -0.2) is 18.6 Å². The lowest BCUT2D eigenvalue weighted by Gasteiger charge is -2.17. The molecule has 1 amide bonds. The number of amides is 1. The Bertz CT molecular complexity index is 464. The summed E-state index contributed by atoms with van der Waals surface area (Å²) in [5.41, 5.74) is 7.10. The maximum atomic E-state index is 12.3. The van der Waals surface area contributed by atoms with Crippen molar-refractivity contribution in [3.05, 3.63) is 29.3 Å². The van der Waals surface area contributed by atoms with E-state index in [9.17, 15) is 13.6 Å². The minimum atomic E-state index is -2.90. The van der Waals surface area contributed by atoms with Crippen molar-refractivity contribution >= 4 is 5.91 Å².